The molecule has 0 spiro atoms. The molecule has 1 heterocycles. The van der Waals surface area contributed by atoms with Gasteiger partial charge in [-0.1, -0.05) is 48.5 Å². The average Bonchev–Trinajstić information content (AvgIpc) is 3.00. The smallest absolute Gasteiger partial charge is 0.254 e. The van der Waals surface area contributed by atoms with Crippen molar-refractivity contribution in [1.82, 2.24) is 10.2 Å². The van der Waals surface area contributed by atoms with Crippen LogP contribution in [0.3, 0.4) is 0 Å². The number of halogens is 1. The summed E-state index contributed by atoms with van der Waals surface area (Å²) in [5, 5.41) is 2.91. The van der Waals surface area contributed by atoms with E-state index in [0.717, 1.165) is 22.4 Å². The summed E-state index contributed by atoms with van der Waals surface area (Å²) >= 11 is 0. The van der Waals surface area contributed by atoms with Gasteiger partial charge in [-0.15, -0.1) is 0 Å². The van der Waals surface area contributed by atoms with Crippen molar-refractivity contribution in [3.05, 3.63) is 89.7 Å². The number of ether oxygens (including phenoxy) is 1. The number of amides is 2. The van der Waals surface area contributed by atoms with Gasteiger partial charge in [-0.05, 0) is 41.8 Å². The Kier molecular flexibility index (Phi) is 6.50. The first kappa shape index (κ1) is 21.6. The molecule has 32 heavy (non-hydrogen) atoms. The van der Waals surface area contributed by atoms with Crippen molar-refractivity contribution in [2.24, 2.45) is 5.92 Å². The third kappa shape index (κ3) is 4.64. The van der Waals surface area contributed by atoms with Gasteiger partial charge in [0.25, 0.3) is 5.91 Å². The van der Waals surface area contributed by atoms with Crippen LogP contribution in [-0.4, -0.2) is 43.5 Å². The van der Waals surface area contributed by atoms with Gasteiger partial charge in [0, 0.05) is 30.8 Å². The summed E-state index contributed by atoms with van der Waals surface area (Å²) in [6, 6.07) is 21.3. The Bertz CT molecular complexity index is 1130. The van der Waals surface area contributed by atoms with Gasteiger partial charge in [0.1, 0.15) is 11.6 Å². The molecule has 1 aliphatic rings. The molecule has 0 aromatic heterocycles. The second-order valence-corrected chi connectivity index (χ2v) is 7.81. The third-order valence-corrected chi connectivity index (χ3v) is 5.73. The van der Waals surface area contributed by atoms with Crippen molar-refractivity contribution < 1.29 is 18.7 Å². The molecule has 6 heteroatoms. The standard InChI is InChI=1S/C26H25FN2O3/c1-32-24-12-5-4-11-23(24)22-10-3-2-7-18(22)15-20-17-29(14-13-28-25(20)30)26(31)19-8-6-9-21(27)16-19/h2-12,16,20H,13-15,17H2,1H3,(H,28,30)/t20-/m0/s1. The highest BCUT2D eigenvalue weighted by Gasteiger charge is 2.29. The van der Waals surface area contributed by atoms with E-state index in [1.165, 1.54) is 18.2 Å². The van der Waals surface area contributed by atoms with Crippen molar-refractivity contribution >= 4 is 11.8 Å². The van der Waals surface area contributed by atoms with E-state index in [0.29, 0.717) is 19.5 Å². The maximum Gasteiger partial charge on any atom is 0.254 e. The van der Waals surface area contributed by atoms with E-state index in [1.807, 2.05) is 48.5 Å². The highest BCUT2D eigenvalue weighted by Crippen LogP contribution is 2.33. The molecule has 1 aliphatic heterocycles. The minimum absolute atomic E-state index is 0.0885. The summed E-state index contributed by atoms with van der Waals surface area (Å²) in [6.07, 6.45) is 0.465. The lowest BCUT2D eigenvalue weighted by molar-refractivity contribution is -0.124. The number of carbonyl (C=O) groups is 2. The van der Waals surface area contributed by atoms with Crippen LogP contribution >= 0.6 is 0 Å². The summed E-state index contributed by atoms with van der Waals surface area (Å²) in [6.45, 7) is 1.01. The Labute approximate surface area is 186 Å². The molecule has 0 bridgehead atoms. The number of nitrogens with zero attached hydrogens (tertiary/aromatic N) is 1. The van der Waals surface area contributed by atoms with Crippen LogP contribution in [-0.2, 0) is 11.2 Å². The van der Waals surface area contributed by atoms with Crippen molar-refractivity contribution in [2.75, 3.05) is 26.7 Å². The fourth-order valence-electron chi connectivity index (χ4n) is 4.14. The number of nitrogens with one attached hydrogen (secondary N) is 1. The summed E-state index contributed by atoms with van der Waals surface area (Å²) in [5.74, 6) is -0.486. The minimum Gasteiger partial charge on any atom is -0.496 e. The molecule has 5 nitrogen and oxygen atoms in total. The first-order valence-corrected chi connectivity index (χ1v) is 10.6. The molecule has 0 radical (unpaired) electrons. The van der Waals surface area contributed by atoms with Crippen LogP contribution in [0.1, 0.15) is 15.9 Å². The number of rotatable bonds is 5. The summed E-state index contributed by atoms with van der Waals surface area (Å²) in [7, 11) is 1.64. The Morgan fingerprint density at radius 2 is 1.81 bits per heavy atom. The number of benzene rings is 3. The lowest BCUT2D eigenvalue weighted by atomic mass is 9.91. The number of hydrogen-bond donors (Lipinski definition) is 1. The lowest BCUT2D eigenvalue weighted by Crippen LogP contribution is -2.37. The molecule has 1 saturated heterocycles. The van der Waals surface area contributed by atoms with Gasteiger partial charge in [-0.2, -0.15) is 0 Å². The van der Waals surface area contributed by atoms with E-state index in [1.54, 1.807) is 18.1 Å². The maximum absolute atomic E-state index is 13.6. The predicted molar refractivity (Wildman–Crippen MR) is 121 cm³/mol. The topological polar surface area (TPSA) is 58.6 Å². The first-order chi connectivity index (χ1) is 15.6. The van der Waals surface area contributed by atoms with E-state index >= 15 is 0 Å². The number of para-hydroxylation sites is 1. The molecule has 0 aliphatic carbocycles. The Morgan fingerprint density at radius 3 is 2.59 bits per heavy atom. The zero-order valence-corrected chi connectivity index (χ0v) is 17.9. The van der Waals surface area contributed by atoms with Crippen molar-refractivity contribution in [3.8, 4) is 16.9 Å². The normalized spacial score (nSPS) is 16.2. The van der Waals surface area contributed by atoms with Gasteiger partial charge < -0.3 is 15.0 Å². The maximum atomic E-state index is 13.6. The van der Waals surface area contributed by atoms with Gasteiger partial charge in [0.15, 0.2) is 0 Å². The molecular formula is C26H25FN2O3. The van der Waals surface area contributed by atoms with Crippen LogP contribution < -0.4 is 10.1 Å². The molecule has 4 rings (SSSR count). The Hall–Kier alpha value is -3.67. The van der Waals surface area contributed by atoms with Gasteiger partial charge in [-0.25, -0.2) is 4.39 Å². The van der Waals surface area contributed by atoms with Gasteiger partial charge in [-0.3, -0.25) is 9.59 Å². The quantitative estimate of drug-likeness (QED) is 0.665. The molecular weight excluding hydrogens is 407 g/mol. The third-order valence-electron chi connectivity index (χ3n) is 5.73. The SMILES string of the molecule is COc1ccccc1-c1ccccc1C[C@H]1CN(C(=O)c2cccc(F)c2)CCNC1=O. The number of carbonyl (C=O) groups excluding carboxylic acids is 2. The van der Waals surface area contributed by atoms with Gasteiger partial charge >= 0.3 is 0 Å². The average molecular weight is 432 g/mol. The monoisotopic (exact) mass is 432 g/mol. The molecule has 3 aromatic carbocycles. The summed E-state index contributed by atoms with van der Waals surface area (Å²) < 4.78 is 19.2. The Morgan fingerprint density at radius 1 is 1.06 bits per heavy atom. The van der Waals surface area contributed by atoms with Crippen LogP contribution in [0.5, 0.6) is 5.75 Å². The van der Waals surface area contributed by atoms with Gasteiger partial charge in [0.05, 0.1) is 13.0 Å². The molecule has 1 fully saturated rings. The van der Waals surface area contributed by atoms with E-state index in [2.05, 4.69) is 5.32 Å². The lowest BCUT2D eigenvalue weighted by Gasteiger charge is -2.24. The van der Waals surface area contributed by atoms with E-state index in [-0.39, 0.29) is 23.9 Å². The van der Waals surface area contributed by atoms with E-state index in [9.17, 15) is 14.0 Å². The fourth-order valence-corrected chi connectivity index (χ4v) is 4.14. The molecule has 2 amide bonds. The second kappa shape index (κ2) is 9.64. The Balaban J connectivity index is 1.61. The van der Waals surface area contributed by atoms with Crippen LogP contribution in [0.4, 0.5) is 4.39 Å². The zero-order valence-electron chi connectivity index (χ0n) is 17.9. The van der Waals surface area contributed by atoms with Gasteiger partial charge in [0.2, 0.25) is 5.91 Å². The second-order valence-electron chi connectivity index (χ2n) is 7.81. The summed E-state index contributed by atoms with van der Waals surface area (Å²) in [4.78, 5) is 27.4. The highest BCUT2D eigenvalue weighted by molar-refractivity contribution is 5.95. The molecule has 1 atom stereocenters. The number of methoxy groups -OCH3 is 1. The van der Waals surface area contributed by atoms with Crippen LogP contribution in [0.25, 0.3) is 11.1 Å². The van der Waals surface area contributed by atoms with E-state index < -0.39 is 11.7 Å². The predicted octanol–water partition coefficient (Wildman–Crippen LogP) is 3.93. The molecule has 3 aromatic rings. The zero-order chi connectivity index (χ0) is 22.5. The van der Waals surface area contributed by atoms with Crippen LogP contribution in [0.15, 0.2) is 72.8 Å². The van der Waals surface area contributed by atoms with E-state index in [4.69, 9.17) is 4.74 Å². The molecule has 164 valence electrons. The molecule has 0 saturated carbocycles. The van der Waals surface area contributed by atoms with Crippen LogP contribution in [0.2, 0.25) is 0 Å². The molecule has 1 N–H and O–H groups in total. The number of hydrogen-bond acceptors (Lipinski definition) is 3. The minimum atomic E-state index is -0.456. The summed E-state index contributed by atoms with van der Waals surface area (Å²) in [5.41, 5.74) is 3.22. The van der Waals surface area contributed by atoms with Crippen LogP contribution in [0, 0.1) is 11.7 Å². The highest BCUT2D eigenvalue weighted by atomic mass is 19.1. The van der Waals surface area contributed by atoms with Crippen molar-refractivity contribution in [3.63, 3.8) is 0 Å². The molecule has 0 unspecified atom stereocenters. The first-order valence-electron chi connectivity index (χ1n) is 10.6. The fraction of sp³-hybridized carbons (Fsp3) is 0.231. The largest absolute Gasteiger partial charge is 0.496 e. The van der Waals surface area contributed by atoms with Crippen molar-refractivity contribution in [2.45, 2.75) is 6.42 Å². The van der Waals surface area contributed by atoms with Crippen molar-refractivity contribution in [1.29, 1.82) is 0 Å².